The summed E-state index contributed by atoms with van der Waals surface area (Å²) in [4.78, 5) is 55.6. The monoisotopic (exact) mass is 441 g/mol. The zero-order valence-electron chi connectivity index (χ0n) is 18.5. The fourth-order valence-electron chi connectivity index (χ4n) is 4.32. The normalized spacial score (nSPS) is 17.1. The maximum Gasteiger partial charge on any atom is 0.332 e. The zero-order chi connectivity index (χ0) is 23.0. The Balaban J connectivity index is 1.52. The molecule has 0 radical (unpaired) electrons. The topological polar surface area (TPSA) is 97.1 Å². The summed E-state index contributed by atoms with van der Waals surface area (Å²) in [6, 6.07) is 8.05. The summed E-state index contributed by atoms with van der Waals surface area (Å²) in [6.07, 6.45) is 0.475. The number of benzene rings is 1. The minimum Gasteiger partial charge on any atom is -0.482 e. The highest BCUT2D eigenvalue weighted by Crippen LogP contribution is 2.34. The molecular formula is C22H27N5O5. The van der Waals surface area contributed by atoms with E-state index in [4.69, 9.17) is 4.74 Å². The van der Waals surface area contributed by atoms with Crippen LogP contribution in [0.2, 0.25) is 0 Å². The van der Waals surface area contributed by atoms with Crippen molar-refractivity contribution in [2.75, 3.05) is 42.6 Å². The average molecular weight is 441 g/mol. The van der Waals surface area contributed by atoms with Crippen LogP contribution >= 0.6 is 0 Å². The number of carbonyl (C=O) groups excluding carboxylic acids is 2. The number of nitrogens with zero attached hydrogens (tertiary/aromatic N) is 5. The van der Waals surface area contributed by atoms with Crippen LogP contribution in [0.15, 0.2) is 39.9 Å². The number of piperazine rings is 1. The Labute approximate surface area is 185 Å². The van der Waals surface area contributed by atoms with Crippen LogP contribution in [0, 0.1) is 0 Å². The summed E-state index contributed by atoms with van der Waals surface area (Å²) in [5.74, 6) is 0.775. The molecule has 0 saturated carbocycles. The molecule has 10 heteroatoms. The quantitative estimate of drug-likeness (QED) is 0.659. The van der Waals surface area contributed by atoms with Gasteiger partial charge in [0.1, 0.15) is 17.6 Å². The van der Waals surface area contributed by atoms with E-state index in [9.17, 15) is 19.2 Å². The first-order chi connectivity index (χ1) is 15.3. The van der Waals surface area contributed by atoms with Gasteiger partial charge in [-0.2, -0.15) is 0 Å². The van der Waals surface area contributed by atoms with E-state index < -0.39 is 6.04 Å². The molecule has 170 valence electrons. The first kappa shape index (κ1) is 21.7. The van der Waals surface area contributed by atoms with Gasteiger partial charge in [-0.3, -0.25) is 28.4 Å². The maximum absolute atomic E-state index is 13.4. The largest absolute Gasteiger partial charge is 0.482 e. The van der Waals surface area contributed by atoms with Gasteiger partial charge in [0.25, 0.3) is 11.5 Å². The van der Waals surface area contributed by atoms with Crippen molar-refractivity contribution in [2.24, 2.45) is 14.1 Å². The first-order valence-electron chi connectivity index (χ1n) is 10.7. The van der Waals surface area contributed by atoms with Crippen molar-refractivity contribution in [1.29, 1.82) is 0 Å². The van der Waals surface area contributed by atoms with E-state index in [0.717, 1.165) is 4.57 Å². The number of ether oxygens (including phenoxy) is 1. The van der Waals surface area contributed by atoms with E-state index in [2.05, 4.69) is 0 Å². The van der Waals surface area contributed by atoms with Crippen LogP contribution in [0.4, 0.5) is 11.5 Å². The average Bonchev–Trinajstić information content (AvgIpc) is 2.82. The van der Waals surface area contributed by atoms with Gasteiger partial charge in [-0.1, -0.05) is 19.1 Å². The molecule has 1 saturated heterocycles. The van der Waals surface area contributed by atoms with Crippen molar-refractivity contribution in [2.45, 2.75) is 19.4 Å². The second kappa shape index (κ2) is 8.52. The number of hydrogen-bond donors (Lipinski definition) is 0. The molecule has 32 heavy (non-hydrogen) atoms. The molecule has 3 heterocycles. The first-order valence-corrected chi connectivity index (χ1v) is 10.7. The summed E-state index contributed by atoms with van der Waals surface area (Å²) in [7, 11) is 3.07. The Morgan fingerprint density at radius 1 is 1.03 bits per heavy atom. The summed E-state index contributed by atoms with van der Waals surface area (Å²) < 4.78 is 8.01. The summed E-state index contributed by atoms with van der Waals surface area (Å²) in [6.45, 7) is 3.62. The van der Waals surface area contributed by atoms with Gasteiger partial charge in [0.2, 0.25) is 5.91 Å². The molecule has 1 fully saturated rings. The molecule has 0 aliphatic carbocycles. The number of aromatic nitrogens is 2. The molecule has 1 unspecified atom stereocenters. The molecule has 2 aliphatic heterocycles. The lowest BCUT2D eigenvalue weighted by molar-refractivity contribution is -0.135. The number of fused-ring (bicyclic) bond motifs is 1. The van der Waals surface area contributed by atoms with E-state index in [-0.39, 0.29) is 29.7 Å². The van der Waals surface area contributed by atoms with Crippen molar-refractivity contribution in [3.8, 4) is 5.75 Å². The third kappa shape index (κ3) is 3.65. The number of amides is 2. The van der Waals surface area contributed by atoms with Crippen molar-refractivity contribution < 1.29 is 14.3 Å². The fourth-order valence-corrected chi connectivity index (χ4v) is 4.32. The highest BCUT2D eigenvalue weighted by atomic mass is 16.5. The Bertz CT molecular complexity index is 1160. The molecule has 1 aromatic heterocycles. The third-order valence-corrected chi connectivity index (χ3v) is 6.14. The van der Waals surface area contributed by atoms with E-state index >= 15 is 0 Å². The number of para-hydroxylation sites is 2. The smallest absolute Gasteiger partial charge is 0.332 e. The SMILES string of the molecule is CCC(C(=O)N1CCN(c2cc(=O)n(C)c(=O)n2C)CC1)N1C(=O)COc2ccccc21. The van der Waals surface area contributed by atoms with Gasteiger partial charge in [-0.15, -0.1) is 0 Å². The van der Waals surface area contributed by atoms with Gasteiger partial charge in [-0.05, 0) is 18.6 Å². The van der Waals surface area contributed by atoms with Crippen molar-refractivity contribution in [1.82, 2.24) is 14.0 Å². The van der Waals surface area contributed by atoms with Crippen LogP contribution in [0.5, 0.6) is 5.75 Å². The maximum atomic E-state index is 13.4. The molecule has 10 nitrogen and oxygen atoms in total. The van der Waals surface area contributed by atoms with Gasteiger partial charge < -0.3 is 14.5 Å². The van der Waals surface area contributed by atoms with Gasteiger partial charge in [0.15, 0.2) is 6.61 Å². The van der Waals surface area contributed by atoms with Gasteiger partial charge in [0, 0.05) is 46.3 Å². The van der Waals surface area contributed by atoms with E-state index in [1.54, 1.807) is 29.0 Å². The highest BCUT2D eigenvalue weighted by Gasteiger charge is 2.37. The third-order valence-electron chi connectivity index (χ3n) is 6.14. The Hall–Kier alpha value is -3.56. The van der Waals surface area contributed by atoms with Crippen LogP contribution in [0.3, 0.4) is 0 Å². The lowest BCUT2D eigenvalue weighted by Crippen LogP contribution is -2.58. The fraction of sp³-hybridized carbons (Fsp3) is 0.455. The van der Waals surface area contributed by atoms with Crippen molar-refractivity contribution >= 4 is 23.3 Å². The summed E-state index contributed by atoms with van der Waals surface area (Å²) in [5, 5.41) is 0. The van der Waals surface area contributed by atoms with Crippen molar-refractivity contribution in [3.05, 3.63) is 51.2 Å². The Kier molecular flexibility index (Phi) is 5.77. The summed E-state index contributed by atoms with van der Waals surface area (Å²) >= 11 is 0. The molecule has 2 aliphatic rings. The number of hydrogen-bond acceptors (Lipinski definition) is 6. The summed E-state index contributed by atoms with van der Waals surface area (Å²) in [5.41, 5.74) is -0.142. The minimum atomic E-state index is -0.618. The van der Waals surface area contributed by atoms with Crippen LogP contribution in [-0.4, -0.2) is 64.7 Å². The highest BCUT2D eigenvalue weighted by molar-refractivity contribution is 6.03. The molecule has 1 aromatic carbocycles. The minimum absolute atomic E-state index is 0.0917. The van der Waals surface area contributed by atoms with Gasteiger partial charge in [0.05, 0.1) is 5.69 Å². The lowest BCUT2D eigenvalue weighted by Gasteiger charge is -2.40. The lowest BCUT2D eigenvalue weighted by atomic mass is 10.1. The molecule has 1 atom stereocenters. The predicted molar refractivity (Wildman–Crippen MR) is 119 cm³/mol. The predicted octanol–water partition coefficient (Wildman–Crippen LogP) is -0.0632. The zero-order valence-corrected chi connectivity index (χ0v) is 18.5. The second-order valence-corrected chi connectivity index (χ2v) is 8.00. The Morgan fingerprint density at radius 2 is 1.72 bits per heavy atom. The Morgan fingerprint density at radius 3 is 2.41 bits per heavy atom. The van der Waals surface area contributed by atoms with E-state index in [1.807, 2.05) is 24.0 Å². The van der Waals surface area contributed by atoms with Crippen LogP contribution in [0.25, 0.3) is 0 Å². The molecule has 2 aromatic rings. The van der Waals surface area contributed by atoms with E-state index in [1.165, 1.54) is 17.7 Å². The molecule has 0 bridgehead atoms. The van der Waals surface area contributed by atoms with Crippen LogP contribution < -0.4 is 25.8 Å². The number of carbonyl (C=O) groups is 2. The molecule has 4 rings (SSSR count). The molecule has 2 amide bonds. The van der Waals surface area contributed by atoms with Crippen molar-refractivity contribution in [3.63, 3.8) is 0 Å². The molecule has 0 spiro atoms. The standard InChI is InChI=1S/C22H27N5O5/c1-4-15(27-16-7-5-6-8-17(16)32-14-20(27)29)21(30)26-11-9-25(10-12-26)18-13-19(28)24(3)22(31)23(18)2/h5-8,13,15H,4,9-12,14H2,1-3H3. The molecular weight excluding hydrogens is 414 g/mol. The van der Waals surface area contributed by atoms with Gasteiger partial charge in [-0.25, -0.2) is 4.79 Å². The van der Waals surface area contributed by atoms with Crippen LogP contribution in [-0.2, 0) is 23.7 Å². The number of rotatable bonds is 4. The van der Waals surface area contributed by atoms with Crippen LogP contribution in [0.1, 0.15) is 13.3 Å². The molecule has 0 N–H and O–H groups in total. The van der Waals surface area contributed by atoms with E-state index in [0.29, 0.717) is 49.9 Å². The second-order valence-electron chi connectivity index (χ2n) is 8.00. The van der Waals surface area contributed by atoms with Gasteiger partial charge >= 0.3 is 5.69 Å². The number of anilines is 2.